The van der Waals surface area contributed by atoms with Gasteiger partial charge < -0.3 is 5.11 Å². The molecule has 5 heteroatoms. The maximum absolute atomic E-state index is 10.9. The molecule has 0 aromatic carbocycles. The highest BCUT2D eigenvalue weighted by Gasteiger charge is 2.07. The average molecular weight is 128 g/mol. The summed E-state index contributed by atoms with van der Waals surface area (Å²) < 4.78 is 21.7. The lowest BCUT2D eigenvalue weighted by Gasteiger charge is -2.01. The molecule has 0 fully saturated rings. The Morgan fingerprint density at radius 1 is 1.50 bits per heavy atom. The molecule has 50 valence electrons. The minimum Gasteiger partial charge on any atom is -0.393 e. The van der Waals surface area contributed by atoms with Gasteiger partial charge in [0, 0.05) is 0 Å². The fourth-order valence-corrected chi connectivity index (χ4v) is 0.177. The molecule has 0 aromatic rings. The molecule has 0 radical (unpaired) electrons. The standard InChI is InChI=1S/C3H6F2O3/c4-7-2-3(1-6)8-5/h3,6H,1-2H2. The predicted molar refractivity (Wildman–Crippen MR) is 20.1 cm³/mol. The van der Waals surface area contributed by atoms with Gasteiger partial charge in [0.1, 0.15) is 12.7 Å². The van der Waals surface area contributed by atoms with Gasteiger partial charge in [0.2, 0.25) is 0 Å². The molecule has 0 aromatic heterocycles. The van der Waals surface area contributed by atoms with E-state index in [0.717, 1.165) is 0 Å². The maximum atomic E-state index is 10.9. The smallest absolute Gasteiger partial charge is 0.148 e. The van der Waals surface area contributed by atoms with E-state index in [9.17, 15) is 9.05 Å². The third-order valence-electron chi connectivity index (χ3n) is 0.579. The quantitative estimate of drug-likeness (QED) is 0.585. The Labute approximate surface area is 44.6 Å². The Balaban J connectivity index is 3.07. The first kappa shape index (κ1) is 7.74. The summed E-state index contributed by atoms with van der Waals surface area (Å²) in [4.78, 5) is 5.99. The molecule has 0 saturated heterocycles. The van der Waals surface area contributed by atoms with Crippen molar-refractivity contribution in [1.82, 2.24) is 0 Å². The molecule has 1 unspecified atom stereocenters. The Bertz CT molecular complexity index is 47.8. The number of aliphatic hydroxyl groups is 1. The lowest BCUT2D eigenvalue weighted by molar-refractivity contribution is -0.241. The SMILES string of the molecule is OCC(COF)OF. The van der Waals surface area contributed by atoms with Crippen molar-refractivity contribution < 1.29 is 24.0 Å². The molecular weight excluding hydrogens is 122 g/mol. The Hall–Kier alpha value is -0.260. The summed E-state index contributed by atoms with van der Waals surface area (Å²) in [5, 5.41) is 8.05. The van der Waals surface area contributed by atoms with Crippen molar-refractivity contribution in [1.29, 1.82) is 0 Å². The van der Waals surface area contributed by atoms with Crippen molar-refractivity contribution in [2.75, 3.05) is 13.2 Å². The summed E-state index contributed by atoms with van der Waals surface area (Å²) in [5.41, 5.74) is 0. The van der Waals surface area contributed by atoms with Crippen molar-refractivity contribution >= 4 is 0 Å². The average Bonchev–Trinajstić information content (AvgIpc) is 1.83. The van der Waals surface area contributed by atoms with Gasteiger partial charge in [-0.15, -0.1) is 0 Å². The van der Waals surface area contributed by atoms with Crippen molar-refractivity contribution in [3.05, 3.63) is 0 Å². The zero-order chi connectivity index (χ0) is 6.41. The van der Waals surface area contributed by atoms with Crippen LogP contribution in [0.15, 0.2) is 0 Å². The zero-order valence-corrected chi connectivity index (χ0v) is 4.01. The lowest BCUT2D eigenvalue weighted by Crippen LogP contribution is -2.18. The minimum absolute atomic E-state index is 0.590. The summed E-state index contributed by atoms with van der Waals surface area (Å²) >= 11 is 0. The van der Waals surface area contributed by atoms with Crippen LogP contribution in [0.2, 0.25) is 0 Å². The lowest BCUT2D eigenvalue weighted by atomic mass is 10.4. The molecule has 1 N–H and O–H groups in total. The van der Waals surface area contributed by atoms with E-state index >= 15 is 0 Å². The first-order chi connectivity index (χ1) is 3.85. The Kier molecular flexibility index (Phi) is 4.73. The van der Waals surface area contributed by atoms with Crippen LogP contribution in [0.4, 0.5) is 9.05 Å². The molecule has 0 aliphatic heterocycles. The third-order valence-corrected chi connectivity index (χ3v) is 0.579. The molecule has 0 amide bonds. The summed E-state index contributed by atoms with van der Waals surface area (Å²) in [7, 11) is 0. The topological polar surface area (TPSA) is 38.7 Å². The van der Waals surface area contributed by atoms with Crippen molar-refractivity contribution in [3.63, 3.8) is 0 Å². The Morgan fingerprint density at radius 2 is 2.12 bits per heavy atom. The van der Waals surface area contributed by atoms with E-state index in [0.29, 0.717) is 0 Å². The second-order valence-electron chi connectivity index (χ2n) is 1.17. The van der Waals surface area contributed by atoms with Crippen LogP contribution in [0, 0.1) is 0 Å². The van der Waals surface area contributed by atoms with Crippen LogP contribution < -0.4 is 0 Å². The maximum Gasteiger partial charge on any atom is 0.148 e. The van der Waals surface area contributed by atoms with Gasteiger partial charge in [0.05, 0.1) is 6.61 Å². The van der Waals surface area contributed by atoms with E-state index < -0.39 is 19.3 Å². The van der Waals surface area contributed by atoms with Crippen molar-refractivity contribution in [3.8, 4) is 0 Å². The molecule has 0 spiro atoms. The first-order valence-corrected chi connectivity index (χ1v) is 1.97. The van der Waals surface area contributed by atoms with Gasteiger partial charge in [-0.3, -0.25) is 0 Å². The highest BCUT2D eigenvalue weighted by atomic mass is 19.3. The van der Waals surface area contributed by atoms with Gasteiger partial charge in [-0.05, 0) is 9.05 Å². The molecule has 0 rings (SSSR count). The fourth-order valence-electron chi connectivity index (χ4n) is 0.177. The second kappa shape index (κ2) is 4.89. The highest BCUT2D eigenvalue weighted by Crippen LogP contribution is 1.91. The molecule has 0 aliphatic carbocycles. The van der Waals surface area contributed by atoms with Crippen LogP contribution >= 0.6 is 0 Å². The van der Waals surface area contributed by atoms with Gasteiger partial charge in [-0.25, -0.2) is 0 Å². The van der Waals surface area contributed by atoms with E-state index in [1.54, 1.807) is 0 Å². The fraction of sp³-hybridized carbons (Fsp3) is 1.00. The van der Waals surface area contributed by atoms with Gasteiger partial charge in [-0.2, -0.15) is 9.88 Å². The van der Waals surface area contributed by atoms with E-state index in [1.807, 2.05) is 0 Å². The van der Waals surface area contributed by atoms with Gasteiger partial charge >= 0.3 is 0 Å². The van der Waals surface area contributed by atoms with Crippen LogP contribution in [-0.2, 0) is 9.88 Å². The van der Waals surface area contributed by atoms with Gasteiger partial charge in [-0.1, -0.05) is 0 Å². The predicted octanol–water partition coefficient (Wildman–Crippen LogP) is 0.150. The third kappa shape index (κ3) is 2.84. The molecule has 0 aliphatic rings. The molecule has 0 heterocycles. The molecule has 0 bridgehead atoms. The number of aliphatic hydroxyl groups excluding tert-OH is 1. The number of rotatable bonds is 4. The molecule has 3 nitrogen and oxygen atoms in total. The van der Waals surface area contributed by atoms with E-state index in [2.05, 4.69) is 9.88 Å². The highest BCUT2D eigenvalue weighted by molar-refractivity contribution is 4.47. The second-order valence-corrected chi connectivity index (χ2v) is 1.17. The van der Waals surface area contributed by atoms with Crippen molar-refractivity contribution in [2.24, 2.45) is 0 Å². The van der Waals surface area contributed by atoms with Crippen LogP contribution in [0.25, 0.3) is 0 Å². The minimum atomic E-state index is -1.21. The largest absolute Gasteiger partial charge is 0.393 e. The van der Waals surface area contributed by atoms with Crippen molar-refractivity contribution in [2.45, 2.75) is 6.10 Å². The molecule has 8 heavy (non-hydrogen) atoms. The van der Waals surface area contributed by atoms with E-state index in [1.165, 1.54) is 0 Å². The summed E-state index contributed by atoms with van der Waals surface area (Å²) in [6, 6.07) is 0. The van der Waals surface area contributed by atoms with Gasteiger partial charge in [0.25, 0.3) is 0 Å². The normalized spacial score (nSPS) is 13.9. The zero-order valence-electron chi connectivity index (χ0n) is 4.01. The van der Waals surface area contributed by atoms with Crippen LogP contribution in [0.3, 0.4) is 0 Å². The van der Waals surface area contributed by atoms with Crippen LogP contribution in [-0.4, -0.2) is 24.4 Å². The first-order valence-electron chi connectivity index (χ1n) is 1.97. The monoisotopic (exact) mass is 128 g/mol. The summed E-state index contributed by atoms with van der Waals surface area (Å²) in [6.07, 6.45) is -1.21. The van der Waals surface area contributed by atoms with Crippen LogP contribution in [0.1, 0.15) is 0 Å². The summed E-state index contributed by atoms with van der Waals surface area (Å²) in [5.74, 6) is 0. The van der Waals surface area contributed by atoms with E-state index in [4.69, 9.17) is 5.11 Å². The summed E-state index contributed by atoms with van der Waals surface area (Å²) in [6.45, 7) is -1.19. The van der Waals surface area contributed by atoms with E-state index in [-0.39, 0.29) is 0 Å². The number of halogens is 2. The number of hydrogen-bond acceptors (Lipinski definition) is 3. The van der Waals surface area contributed by atoms with Crippen LogP contribution in [0.5, 0.6) is 0 Å². The van der Waals surface area contributed by atoms with Gasteiger partial charge in [0.15, 0.2) is 0 Å². The number of hydrogen-bond donors (Lipinski definition) is 1. The molecule has 1 atom stereocenters. The Morgan fingerprint density at radius 3 is 2.25 bits per heavy atom. The molecular formula is C3H6F2O3. The molecule has 0 saturated carbocycles.